The molecule has 32 heavy (non-hydrogen) atoms. The Morgan fingerprint density at radius 3 is 2.53 bits per heavy atom. The molecule has 2 aromatic heterocycles. The normalized spacial score (nSPS) is 14.8. The second-order valence-electron chi connectivity index (χ2n) is 8.24. The van der Waals surface area contributed by atoms with Gasteiger partial charge in [0, 0.05) is 18.7 Å². The Kier molecular flexibility index (Phi) is 6.05. The first-order chi connectivity index (χ1) is 15.7. The van der Waals surface area contributed by atoms with Gasteiger partial charge >= 0.3 is 0 Å². The summed E-state index contributed by atoms with van der Waals surface area (Å²) >= 11 is 5.57. The van der Waals surface area contributed by atoms with Crippen molar-refractivity contribution in [3.63, 3.8) is 0 Å². The van der Waals surface area contributed by atoms with E-state index in [1.807, 2.05) is 42.5 Å². The number of H-pyrrole nitrogens is 1. The Balaban J connectivity index is 1.48. The second-order valence-corrected chi connectivity index (χ2v) is 8.62. The van der Waals surface area contributed by atoms with E-state index in [2.05, 4.69) is 30.3 Å². The van der Waals surface area contributed by atoms with Crippen LogP contribution < -0.4 is 4.74 Å². The number of imidazole rings is 1. The second kappa shape index (κ2) is 9.26. The van der Waals surface area contributed by atoms with Gasteiger partial charge in [-0.1, -0.05) is 18.6 Å². The maximum absolute atomic E-state index is 5.57. The lowest BCUT2D eigenvalue weighted by Gasteiger charge is -2.26. The minimum atomic E-state index is 0.592. The highest BCUT2D eigenvalue weighted by molar-refractivity contribution is 7.71. The molecule has 1 aliphatic heterocycles. The van der Waals surface area contributed by atoms with Gasteiger partial charge in [-0.25, -0.2) is 4.98 Å². The largest absolute Gasteiger partial charge is 0.497 e. The summed E-state index contributed by atoms with van der Waals surface area (Å²) in [7, 11) is 1.68. The summed E-state index contributed by atoms with van der Waals surface area (Å²) in [6, 6.07) is 16.2. The molecule has 166 valence electrons. The molecule has 0 amide bonds. The molecule has 0 atom stereocenters. The molecule has 4 aromatic rings. The van der Waals surface area contributed by atoms with Crippen molar-refractivity contribution in [3.8, 4) is 17.1 Å². The lowest BCUT2D eigenvalue weighted by atomic mass is 10.1. The number of nitrogens with one attached hydrogen (secondary N) is 1. The quantitative estimate of drug-likeness (QED) is 0.422. The van der Waals surface area contributed by atoms with Crippen LogP contribution in [0.2, 0.25) is 0 Å². The van der Waals surface area contributed by atoms with Crippen LogP contribution in [0.1, 0.15) is 25.1 Å². The SMILES string of the molecule is COc1ccc(-c2nc3ccccc3n2Cc2n[nH]c(=S)n2CCN2CCCCC2)cc1. The molecule has 2 aromatic carbocycles. The van der Waals surface area contributed by atoms with Crippen LogP contribution in [0, 0.1) is 4.77 Å². The first-order valence-corrected chi connectivity index (χ1v) is 11.6. The third-order valence-electron chi connectivity index (χ3n) is 6.23. The molecule has 0 aliphatic carbocycles. The maximum Gasteiger partial charge on any atom is 0.195 e. The molecule has 0 unspecified atom stereocenters. The summed E-state index contributed by atoms with van der Waals surface area (Å²) in [6.45, 7) is 4.78. The van der Waals surface area contributed by atoms with Crippen molar-refractivity contribution in [2.75, 3.05) is 26.7 Å². The average molecular weight is 449 g/mol. The Bertz CT molecular complexity index is 1250. The van der Waals surface area contributed by atoms with Crippen LogP contribution in [0.3, 0.4) is 0 Å². The molecule has 0 saturated carbocycles. The fourth-order valence-corrected chi connectivity index (χ4v) is 4.71. The van der Waals surface area contributed by atoms with E-state index in [1.165, 1.54) is 32.4 Å². The van der Waals surface area contributed by atoms with Crippen molar-refractivity contribution >= 4 is 23.3 Å². The van der Waals surface area contributed by atoms with Crippen molar-refractivity contribution in [1.29, 1.82) is 0 Å². The van der Waals surface area contributed by atoms with Gasteiger partial charge in [0.1, 0.15) is 11.6 Å². The summed E-state index contributed by atoms with van der Waals surface area (Å²) in [5.74, 6) is 2.66. The van der Waals surface area contributed by atoms with Gasteiger partial charge in [0.15, 0.2) is 10.6 Å². The number of hydrogen-bond acceptors (Lipinski definition) is 5. The van der Waals surface area contributed by atoms with E-state index < -0.39 is 0 Å². The van der Waals surface area contributed by atoms with Crippen molar-refractivity contribution in [3.05, 3.63) is 59.1 Å². The number of piperidine rings is 1. The zero-order valence-electron chi connectivity index (χ0n) is 18.3. The minimum absolute atomic E-state index is 0.592. The Morgan fingerprint density at radius 2 is 1.75 bits per heavy atom. The van der Waals surface area contributed by atoms with Gasteiger partial charge < -0.3 is 18.8 Å². The number of ether oxygens (including phenoxy) is 1. The van der Waals surface area contributed by atoms with Crippen LogP contribution >= 0.6 is 12.2 Å². The summed E-state index contributed by atoms with van der Waals surface area (Å²) < 4.78 is 10.4. The smallest absolute Gasteiger partial charge is 0.195 e. The highest BCUT2D eigenvalue weighted by Gasteiger charge is 2.17. The standard InChI is InChI=1S/C24H28N6OS/c1-31-19-11-9-18(10-12-19)23-25-20-7-3-4-8-21(20)30(23)17-22-26-27-24(32)29(22)16-15-28-13-5-2-6-14-28/h3-4,7-12H,2,5-6,13-17H2,1H3,(H,27,32). The predicted octanol–water partition coefficient (Wildman–Crippen LogP) is 4.50. The Labute approximate surface area is 192 Å². The van der Waals surface area contributed by atoms with Gasteiger partial charge in [-0.2, -0.15) is 5.10 Å². The number of rotatable bonds is 7. The van der Waals surface area contributed by atoms with E-state index in [0.717, 1.165) is 47.1 Å². The van der Waals surface area contributed by atoms with Crippen LogP contribution in [0.4, 0.5) is 0 Å². The molecule has 1 N–H and O–H groups in total. The molecular formula is C24H28N6OS. The van der Waals surface area contributed by atoms with Gasteiger partial charge in [-0.15, -0.1) is 0 Å². The highest BCUT2D eigenvalue weighted by atomic mass is 32.1. The summed E-state index contributed by atoms with van der Waals surface area (Å²) in [5.41, 5.74) is 3.08. The molecule has 1 aliphatic rings. The zero-order valence-corrected chi connectivity index (χ0v) is 19.1. The van der Waals surface area contributed by atoms with E-state index in [1.54, 1.807) is 7.11 Å². The van der Waals surface area contributed by atoms with E-state index in [4.69, 9.17) is 21.9 Å². The number of hydrogen-bond donors (Lipinski definition) is 1. The van der Waals surface area contributed by atoms with Gasteiger partial charge in [-0.3, -0.25) is 5.10 Å². The van der Waals surface area contributed by atoms with Gasteiger partial charge in [0.25, 0.3) is 0 Å². The van der Waals surface area contributed by atoms with Crippen LogP contribution in [0.5, 0.6) is 5.75 Å². The van der Waals surface area contributed by atoms with E-state index in [-0.39, 0.29) is 0 Å². The molecule has 3 heterocycles. The van der Waals surface area contributed by atoms with E-state index in [9.17, 15) is 0 Å². The Morgan fingerprint density at radius 1 is 0.969 bits per heavy atom. The van der Waals surface area contributed by atoms with Crippen molar-refractivity contribution in [1.82, 2.24) is 29.2 Å². The monoisotopic (exact) mass is 448 g/mol. The fourth-order valence-electron chi connectivity index (χ4n) is 4.46. The molecule has 7 nitrogen and oxygen atoms in total. The number of aromatic nitrogens is 5. The number of nitrogens with zero attached hydrogens (tertiary/aromatic N) is 5. The molecule has 1 fully saturated rings. The predicted molar refractivity (Wildman–Crippen MR) is 129 cm³/mol. The van der Waals surface area contributed by atoms with E-state index >= 15 is 0 Å². The van der Waals surface area contributed by atoms with Crippen LogP contribution in [-0.2, 0) is 13.1 Å². The van der Waals surface area contributed by atoms with Gasteiger partial charge in [-0.05, 0) is 74.5 Å². The number of aromatic amines is 1. The Hall–Kier alpha value is -2.97. The van der Waals surface area contributed by atoms with Gasteiger partial charge in [0.05, 0.1) is 24.7 Å². The lowest BCUT2D eigenvalue weighted by Crippen LogP contribution is -2.33. The third-order valence-corrected chi connectivity index (χ3v) is 6.54. The fraction of sp³-hybridized carbons (Fsp3) is 0.375. The lowest BCUT2D eigenvalue weighted by molar-refractivity contribution is 0.219. The molecular weight excluding hydrogens is 420 g/mol. The zero-order chi connectivity index (χ0) is 21.9. The topological polar surface area (TPSA) is 63.9 Å². The molecule has 0 bridgehead atoms. The first kappa shape index (κ1) is 20.9. The molecule has 5 rings (SSSR count). The first-order valence-electron chi connectivity index (χ1n) is 11.2. The van der Waals surface area contributed by atoms with Crippen molar-refractivity contribution in [2.24, 2.45) is 0 Å². The number of fused-ring (bicyclic) bond motifs is 1. The van der Waals surface area contributed by atoms with Crippen LogP contribution in [-0.4, -0.2) is 56.0 Å². The van der Waals surface area contributed by atoms with Crippen LogP contribution in [0.25, 0.3) is 22.4 Å². The van der Waals surface area contributed by atoms with Gasteiger partial charge in [0.2, 0.25) is 0 Å². The highest BCUT2D eigenvalue weighted by Crippen LogP contribution is 2.27. The molecule has 0 radical (unpaired) electrons. The summed E-state index contributed by atoms with van der Waals surface area (Å²) in [5, 5.41) is 7.59. The number of benzene rings is 2. The number of para-hydroxylation sites is 2. The minimum Gasteiger partial charge on any atom is -0.497 e. The maximum atomic E-state index is 5.57. The average Bonchev–Trinajstić information content (AvgIpc) is 3.39. The molecule has 0 spiro atoms. The summed E-state index contributed by atoms with van der Waals surface area (Å²) in [6.07, 6.45) is 3.92. The van der Waals surface area contributed by atoms with Crippen molar-refractivity contribution < 1.29 is 4.74 Å². The summed E-state index contributed by atoms with van der Waals surface area (Å²) in [4.78, 5) is 7.46. The molecule has 8 heteroatoms. The number of methoxy groups -OCH3 is 1. The van der Waals surface area contributed by atoms with Crippen molar-refractivity contribution in [2.45, 2.75) is 32.4 Å². The third kappa shape index (κ3) is 4.20. The molecule has 1 saturated heterocycles. The number of likely N-dealkylation sites (tertiary alicyclic amines) is 1. The van der Waals surface area contributed by atoms with E-state index in [0.29, 0.717) is 11.3 Å². The van der Waals surface area contributed by atoms with Crippen LogP contribution in [0.15, 0.2) is 48.5 Å².